The highest BCUT2D eigenvalue weighted by molar-refractivity contribution is 6.09. The summed E-state index contributed by atoms with van der Waals surface area (Å²) in [5, 5.41) is 2.87. The molecule has 3 fully saturated rings. The first-order valence-electron chi connectivity index (χ1n) is 7.46. The lowest BCUT2D eigenvalue weighted by Gasteiger charge is -2.37. The third-order valence-corrected chi connectivity index (χ3v) is 5.00. The van der Waals surface area contributed by atoms with Gasteiger partial charge in [0.25, 0.3) is 5.91 Å². The molecule has 1 aliphatic carbocycles. The Morgan fingerprint density at radius 3 is 2.65 bits per heavy atom. The van der Waals surface area contributed by atoms with Gasteiger partial charge in [0.2, 0.25) is 5.91 Å². The van der Waals surface area contributed by atoms with Crippen LogP contribution in [0.1, 0.15) is 39.0 Å². The van der Waals surface area contributed by atoms with Gasteiger partial charge in [-0.3, -0.25) is 14.5 Å². The van der Waals surface area contributed by atoms with Crippen LogP contribution in [-0.4, -0.2) is 52.8 Å². The zero-order chi connectivity index (χ0) is 14.3. The first-order chi connectivity index (χ1) is 9.54. The summed E-state index contributed by atoms with van der Waals surface area (Å²) in [6.45, 7) is 3.38. The van der Waals surface area contributed by atoms with Gasteiger partial charge < -0.3 is 10.2 Å². The molecule has 20 heavy (non-hydrogen) atoms. The molecule has 2 aliphatic heterocycles. The lowest BCUT2D eigenvalue weighted by atomic mass is 9.73. The smallest absolute Gasteiger partial charge is 0.325 e. The molecule has 6 nitrogen and oxygen atoms in total. The summed E-state index contributed by atoms with van der Waals surface area (Å²) in [5.41, 5.74) is -0.759. The molecular formula is C14H21N3O3. The SMILES string of the molecule is CC1CCCCC12NC(=O)N(CC(=O)N1CCC1)C2=O. The largest absolute Gasteiger partial charge is 0.341 e. The fraction of sp³-hybridized carbons (Fsp3) is 0.786. The summed E-state index contributed by atoms with van der Waals surface area (Å²) in [6.07, 6.45) is 4.68. The number of carbonyl (C=O) groups is 3. The molecule has 1 saturated carbocycles. The number of nitrogens with one attached hydrogen (secondary N) is 1. The summed E-state index contributed by atoms with van der Waals surface area (Å²) in [6, 6.07) is -0.405. The van der Waals surface area contributed by atoms with Crippen molar-refractivity contribution in [3.63, 3.8) is 0 Å². The van der Waals surface area contributed by atoms with Gasteiger partial charge in [-0.2, -0.15) is 0 Å². The standard InChI is InChI=1S/C14H21N3O3/c1-10-5-2-3-6-14(10)12(19)17(13(20)15-14)9-11(18)16-7-4-8-16/h10H,2-9H2,1H3,(H,15,20). The van der Waals surface area contributed by atoms with Crippen LogP contribution < -0.4 is 5.32 Å². The second-order valence-electron chi connectivity index (χ2n) is 6.17. The Balaban J connectivity index is 1.74. The number of hydrogen-bond acceptors (Lipinski definition) is 3. The van der Waals surface area contributed by atoms with Crippen molar-refractivity contribution >= 4 is 17.8 Å². The lowest BCUT2D eigenvalue weighted by Crippen LogP contribution is -2.54. The van der Waals surface area contributed by atoms with Crippen molar-refractivity contribution in [1.82, 2.24) is 15.1 Å². The maximum absolute atomic E-state index is 12.6. The number of urea groups is 1. The number of hydrogen-bond donors (Lipinski definition) is 1. The Labute approximate surface area is 118 Å². The van der Waals surface area contributed by atoms with Crippen LogP contribution in [0.3, 0.4) is 0 Å². The number of carbonyl (C=O) groups excluding carboxylic acids is 3. The summed E-state index contributed by atoms with van der Waals surface area (Å²) in [5.74, 6) is -0.194. The van der Waals surface area contributed by atoms with E-state index < -0.39 is 11.6 Å². The topological polar surface area (TPSA) is 69.7 Å². The minimum absolute atomic E-state index is 0.112. The van der Waals surface area contributed by atoms with Gasteiger partial charge in [-0.25, -0.2) is 4.79 Å². The number of nitrogens with zero attached hydrogens (tertiary/aromatic N) is 2. The Morgan fingerprint density at radius 1 is 1.30 bits per heavy atom. The van der Waals surface area contributed by atoms with Crippen molar-refractivity contribution in [3.05, 3.63) is 0 Å². The van der Waals surface area contributed by atoms with E-state index in [0.717, 1.165) is 43.7 Å². The second kappa shape index (κ2) is 4.75. The molecule has 0 radical (unpaired) electrons. The van der Waals surface area contributed by atoms with E-state index in [1.54, 1.807) is 4.90 Å². The van der Waals surface area contributed by atoms with Crippen LogP contribution in [0.2, 0.25) is 0 Å². The van der Waals surface area contributed by atoms with Gasteiger partial charge in [-0.15, -0.1) is 0 Å². The van der Waals surface area contributed by atoms with Gasteiger partial charge in [0.1, 0.15) is 12.1 Å². The van der Waals surface area contributed by atoms with E-state index in [1.807, 2.05) is 6.92 Å². The van der Waals surface area contributed by atoms with Gasteiger partial charge in [0, 0.05) is 13.1 Å². The summed E-state index contributed by atoms with van der Waals surface area (Å²) < 4.78 is 0. The van der Waals surface area contributed by atoms with Crippen LogP contribution in [0.25, 0.3) is 0 Å². The molecule has 110 valence electrons. The third-order valence-electron chi connectivity index (χ3n) is 5.00. The van der Waals surface area contributed by atoms with Crippen LogP contribution in [-0.2, 0) is 9.59 Å². The fourth-order valence-electron chi connectivity index (χ4n) is 3.44. The Bertz CT molecular complexity index is 461. The number of imide groups is 1. The molecule has 2 saturated heterocycles. The Kier molecular flexibility index (Phi) is 3.18. The van der Waals surface area contributed by atoms with Crippen LogP contribution in [0.5, 0.6) is 0 Å². The van der Waals surface area contributed by atoms with Crippen LogP contribution in [0, 0.1) is 5.92 Å². The predicted molar refractivity (Wildman–Crippen MR) is 71.8 cm³/mol. The quantitative estimate of drug-likeness (QED) is 0.757. The van der Waals surface area contributed by atoms with Crippen molar-refractivity contribution in [2.45, 2.75) is 44.6 Å². The molecular weight excluding hydrogens is 258 g/mol. The van der Waals surface area contributed by atoms with Crippen molar-refractivity contribution < 1.29 is 14.4 Å². The maximum atomic E-state index is 12.6. The summed E-state index contributed by atoms with van der Waals surface area (Å²) in [4.78, 5) is 39.5. The van der Waals surface area contributed by atoms with Gasteiger partial charge in [0.15, 0.2) is 0 Å². The molecule has 0 bridgehead atoms. The highest BCUT2D eigenvalue weighted by Gasteiger charge is 2.55. The van der Waals surface area contributed by atoms with E-state index >= 15 is 0 Å². The fourth-order valence-corrected chi connectivity index (χ4v) is 3.44. The monoisotopic (exact) mass is 279 g/mol. The molecule has 4 amide bonds. The van der Waals surface area contributed by atoms with Crippen LogP contribution in [0.15, 0.2) is 0 Å². The molecule has 2 unspecified atom stereocenters. The van der Waals surface area contributed by atoms with E-state index in [9.17, 15) is 14.4 Å². The molecule has 2 atom stereocenters. The van der Waals surface area contributed by atoms with E-state index in [2.05, 4.69) is 5.32 Å². The molecule has 3 aliphatic rings. The van der Waals surface area contributed by atoms with E-state index in [-0.39, 0.29) is 24.3 Å². The Morgan fingerprint density at radius 2 is 2.05 bits per heavy atom. The highest BCUT2D eigenvalue weighted by Crippen LogP contribution is 2.38. The summed E-state index contributed by atoms with van der Waals surface area (Å²) >= 11 is 0. The van der Waals surface area contributed by atoms with Gasteiger partial charge in [-0.05, 0) is 25.2 Å². The van der Waals surface area contributed by atoms with Crippen LogP contribution in [0.4, 0.5) is 4.79 Å². The lowest BCUT2D eigenvalue weighted by molar-refractivity contribution is -0.142. The first-order valence-corrected chi connectivity index (χ1v) is 7.46. The zero-order valence-corrected chi connectivity index (χ0v) is 11.9. The molecule has 3 rings (SSSR count). The first kappa shape index (κ1) is 13.4. The normalized spacial score (nSPS) is 33.4. The summed E-state index contributed by atoms with van der Waals surface area (Å²) in [7, 11) is 0. The molecule has 0 aromatic carbocycles. The van der Waals surface area contributed by atoms with Crippen LogP contribution >= 0.6 is 0 Å². The average Bonchev–Trinajstić information content (AvgIpc) is 2.57. The average molecular weight is 279 g/mol. The number of likely N-dealkylation sites (tertiary alicyclic amines) is 1. The second-order valence-corrected chi connectivity index (χ2v) is 6.17. The maximum Gasteiger partial charge on any atom is 0.325 e. The number of amides is 4. The van der Waals surface area contributed by atoms with Crippen molar-refractivity contribution in [2.75, 3.05) is 19.6 Å². The highest BCUT2D eigenvalue weighted by atomic mass is 16.2. The number of rotatable bonds is 2. The van der Waals surface area contributed by atoms with Crippen molar-refractivity contribution in [1.29, 1.82) is 0 Å². The van der Waals surface area contributed by atoms with Gasteiger partial charge >= 0.3 is 6.03 Å². The van der Waals surface area contributed by atoms with E-state index in [4.69, 9.17) is 0 Å². The molecule has 6 heteroatoms. The van der Waals surface area contributed by atoms with Gasteiger partial charge in [-0.1, -0.05) is 19.8 Å². The Hall–Kier alpha value is -1.59. The van der Waals surface area contributed by atoms with Crippen molar-refractivity contribution in [3.8, 4) is 0 Å². The molecule has 0 aromatic rings. The van der Waals surface area contributed by atoms with Gasteiger partial charge in [0.05, 0.1) is 0 Å². The molecule has 1 spiro atoms. The predicted octanol–water partition coefficient (Wildman–Crippen LogP) is 0.719. The van der Waals surface area contributed by atoms with E-state index in [0.29, 0.717) is 6.42 Å². The van der Waals surface area contributed by atoms with Crippen molar-refractivity contribution in [2.24, 2.45) is 5.92 Å². The molecule has 0 aromatic heterocycles. The third kappa shape index (κ3) is 1.89. The molecule has 1 N–H and O–H groups in total. The minimum atomic E-state index is -0.759. The minimum Gasteiger partial charge on any atom is -0.341 e. The molecule has 2 heterocycles. The zero-order valence-electron chi connectivity index (χ0n) is 11.9. The van der Waals surface area contributed by atoms with E-state index in [1.165, 1.54) is 0 Å².